The van der Waals surface area contributed by atoms with Gasteiger partial charge in [0.25, 0.3) is 0 Å². The fourth-order valence-corrected chi connectivity index (χ4v) is 2.24. The van der Waals surface area contributed by atoms with Crippen LogP contribution in [0.4, 0.5) is 11.9 Å². The molecule has 0 unspecified atom stereocenters. The van der Waals surface area contributed by atoms with Crippen molar-refractivity contribution in [1.82, 2.24) is 15.0 Å². The first-order valence-electron chi connectivity index (χ1n) is 5.55. The number of nitrogens with one attached hydrogen (secondary N) is 1. The summed E-state index contributed by atoms with van der Waals surface area (Å²) in [7, 11) is 0. The van der Waals surface area contributed by atoms with Crippen molar-refractivity contribution in [3.05, 3.63) is 0 Å². The van der Waals surface area contributed by atoms with Crippen LogP contribution in [0.2, 0.25) is 0 Å². The maximum Gasteiger partial charge on any atom is 0.242 e. The van der Waals surface area contributed by atoms with E-state index < -0.39 is 0 Å². The highest BCUT2D eigenvalue weighted by molar-refractivity contribution is 7.99. The molecule has 0 bridgehead atoms. The lowest BCUT2D eigenvalue weighted by molar-refractivity contribution is 0.322. The first-order chi connectivity index (χ1) is 8.33. The Balaban J connectivity index is 2.18. The van der Waals surface area contributed by atoms with Crippen molar-refractivity contribution in [3.63, 3.8) is 0 Å². The molecule has 2 heterocycles. The summed E-state index contributed by atoms with van der Waals surface area (Å²) < 4.78 is 0. The van der Waals surface area contributed by atoms with Crippen LogP contribution in [0.3, 0.4) is 0 Å². The number of nitrogens with zero attached hydrogens (tertiary/aromatic N) is 4. The van der Waals surface area contributed by atoms with E-state index in [-0.39, 0.29) is 6.61 Å². The summed E-state index contributed by atoms with van der Waals surface area (Å²) in [6.07, 6.45) is 2.33. The molecule has 17 heavy (non-hydrogen) atoms. The molecule has 0 spiro atoms. The molecule has 2 rings (SSSR count). The molecule has 1 aromatic rings. The Morgan fingerprint density at radius 3 is 2.71 bits per heavy atom. The number of thioether (sulfide) groups is 1. The molecular formula is C9H16N6OS. The molecule has 0 atom stereocenters. The Morgan fingerprint density at radius 2 is 2.06 bits per heavy atom. The lowest BCUT2D eigenvalue weighted by Crippen LogP contribution is -2.22. The number of anilines is 2. The van der Waals surface area contributed by atoms with Crippen LogP contribution in [0.5, 0.6) is 0 Å². The van der Waals surface area contributed by atoms with Gasteiger partial charge in [0, 0.05) is 18.8 Å². The Morgan fingerprint density at radius 1 is 1.29 bits per heavy atom. The van der Waals surface area contributed by atoms with Gasteiger partial charge in [-0.3, -0.25) is 5.43 Å². The fraction of sp³-hybridized carbons (Fsp3) is 0.667. The van der Waals surface area contributed by atoms with Crippen LogP contribution in [0, 0.1) is 0 Å². The third-order valence-electron chi connectivity index (χ3n) is 2.44. The van der Waals surface area contributed by atoms with E-state index in [1.807, 2.05) is 0 Å². The maximum atomic E-state index is 8.79. The lowest BCUT2D eigenvalue weighted by atomic mass is 10.4. The summed E-state index contributed by atoms with van der Waals surface area (Å²) in [6.45, 7) is 2.04. The van der Waals surface area contributed by atoms with Crippen LogP contribution in [-0.4, -0.2) is 45.5 Å². The molecule has 0 aromatic carbocycles. The van der Waals surface area contributed by atoms with Crippen molar-refractivity contribution in [2.75, 3.05) is 35.8 Å². The van der Waals surface area contributed by atoms with Gasteiger partial charge in [0.2, 0.25) is 11.9 Å². The highest BCUT2D eigenvalue weighted by Gasteiger charge is 2.17. The zero-order valence-corrected chi connectivity index (χ0v) is 10.3. The summed E-state index contributed by atoms with van der Waals surface area (Å²) in [6, 6.07) is 0. The van der Waals surface area contributed by atoms with E-state index in [2.05, 4.69) is 25.3 Å². The van der Waals surface area contributed by atoms with Gasteiger partial charge in [0.15, 0.2) is 5.16 Å². The largest absolute Gasteiger partial charge is 0.396 e. The van der Waals surface area contributed by atoms with E-state index in [1.165, 1.54) is 11.8 Å². The van der Waals surface area contributed by atoms with E-state index in [0.717, 1.165) is 25.9 Å². The zero-order valence-electron chi connectivity index (χ0n) is 9.46. The number of aliphatic hydroxyl groups excluding tert-OH is 1. The normalized spacial score (nSPS) is 15.3. The summed E-state index contributed by atoms with van der Waals surface area (Å²) in [5.41, 5.74) is 2.44. The predicted octanol–water partition coefficient (Wildman–Crippen LogP) is -0.158. The van der Waals surface area contributed by atoms with Crippen molar-refractivity contribution in [2.45, 2.75) is 18.0 Å². The van der Waals surface area contributed by atoms with Gasteiger partial charge in [0.05, 0.1) is 6.61 Å². The molecule has 0 saturated carbocycles. The van der Waals surface area contributed by atoms with E-state index in [4.69, 9.17) is 10.9 Å². The van der Waals surface area contributed by atoms with Gasteiger partial charge >= 0.3 is 0 Å². The summed E-state index contributed by atoms with van der Waals surface area (Å²) in [4.78, 5) is 14.8. The second-order valence-electron chi connectivity index (χ2n) is 3.65. The van der Waals surface area contributed by atoms with Crippen LogP contribution >= 0.6 is 11.8 Å². The number of rotatable bonds is 5. The third kappa shape index (κ3) is 3.18. The van der Waals surface area contributed by atoms with Gasteiger partial charge in [-0.05, 0) is 12.8 Å². The molecule has 1 fully saturated rings. The smallest absolute Gasteiger partial charge is 0.242 e. The summed E-state index contributed by atoms with van der Waals surface area (Å²) in [5.74, 6) is 6.92. The van der Waals surface area contributed by atoms with Crippen LogP contribution in [-0.2, 0) is 0 Å². The van der Waals surface area contributed by atoms with E-state index in [1.54, 1.807) is 0 Å². The lowest BCUT2D eigenvalue weighted by Gasteiger charge is -2.15. The minimum absolute atomic E-state index is 0.0980. The Labute approximate surface area is 104 Å². The van der Waals surface area contributed by atoms with Crippen molar-refractivity contribution in [3.8, 4) is 0 Å². The number of aliphatic hydroxyl groups is 1. The predicted molar refractivity (Wildman–Crippen MR) is 66.9 cm³/mol. The zero-order chi connectivity index (χ0) is 12.1. The maximum absolute atomic E-state index is 8.79. The molecule has 1 saturated heterocycles. The highest BCUT2D eigenvalue weighted by atomic mass is 32.2. The summed E-state index contributed by atoms with van der Waals surface area (Å²) >= 11 is 1.39. The molecule has 4 N–H and O–H groups in total. The molecular weight excluding hydrogens is 240 g/mol. The van der Waals surface area contributed by atoms with Crippen molar-refractivity contribution in [2.24, 2.45) is 5.84 Å². The first-order valence-corrected chi connectivity index (χ1v) is 6.53. The molecule has 8 heteroatoms. The summed E-state index contributed by atoms with van der Waals surface area (Å²) in [5, 5.41) is 9.38. The minimum Gasteiger partial charge on any atom is -0.396 e. The average Bonchev–Trinajstić information content (AvgIpc) is 2.89. The monoisotopic (exact) mass is 256 g/mol. The molecule has 94 valence electrons. The second-order valence-corrected chi connectivity index (χ2v) is 4.71. The van der Waals surface area contributed by atoms with Gasteiger partial charge in [-0.1, -0.05) is 11.8 Å². The molecule has 0 aliphatic carbocycles. The average molecular weight is 256 g/mol. The topological polar surface area (TPSA) is 100 Å². The molecule has 1 aliphatic heterocycles. The van der Waals surface area contributed by atoms with Crippen LogP contribution < -0.4 is 16.2 Å². The van der Waals surface area contributed by atoms with Gasteiger partial charge in [-0.2, -0.15) is 15.0 Å². The van der Waals surface area contributed by atoms with Crippen molar-refractivity contribution in [1.29, 1.82) is 0 Å². The minimum atomic E-state index is 0.0980. The van der Waals surface area contributed by atoms with Crippen molar-refractivity contribution >= 4 is 23.7 Å². The number of nitrogen functional groups attached to an aromatic ring is 1. The van der Waals surface area contributed by atoms with E-state index in [9.17, 15) is 0 Å². The van der Waals surface area contributed by atoms with Gasteiger partial charge < -0.3 is 10.0 Å². The second kappa shape index (κ2) is 5.99. The van der Waals surface area contributed by atoms with Crippen LogP contribution in [0.1, 0.15) is 12.8 Å². The SMILES string of the molecule is NNc1nc(SCCO)nc(N2CCCC2)n1. The van der Waals surface area contributed by atoms with Crippen molar-refractivity contribution < 1.29 is 5.11 Å². The molecule has 7 nitrogen and oxygen atoms in total. The molecule has 0 amide bonds. The van der Waals surface area contributed by atoms with Crippen LogP contribution in [0.15, 0.2) is 5.16 Å². The Hall–Kier alpha value is -1.12. The molecule has 1 aromatic heterocycles. The van der Waals surface area contributed by atoms with Gasteiger partial charge in [0.1, 0.15) is 0 Å². The number of hydrogen-bond donors (Lipinski definition) is 3. The van der Waals surface area contributed by atoms with E-state index in [0.29, 0.717) is 22.8 Å². The molecule has 1 aliphatic rings. The Kier molecular flexibility index (Phi) is 4.35. The van der Waals surface area contributed by atoms with Crippen LogP contribution in [0.25, 0.3) is 0 Å². The number of hydrogen-bond acceptors (Lipinski definition) is 8. The first kappa shape index (κ1) is 12.3. The Bertz CT molecular complexity index is 371. The molecule has 0 radical (unpaired) electrons. The van der Waals surface area contributed by atoms with Gasteiger partial charge in [-0.15, -0.1) is 0 Å². The number of aromatic nitrogens is 3. The quantitative estimate of drug-likeness (QED) is 0.380. The number of nitrogens with two attached hydrogens (primary N) is 1. The van der Waals surface area contributed by atoms with Gasteiger partial charge in [-0.25, -0.2) is 5.84 Å². The standard InChI is InChI=1S/C9H16N6OS/c10-14-7-11-8(15-3-1-2-4-15)13-9(12-7)17-6-5-16/h16H,1-6,10H2,(H,11,12,13,14). The fourth-order valence-electron chi connectivity index (χ4n) is 1.67. The van der Waals surface area contributed by atoms with E-state index >= 15 is 0 Å². The third-order valence-corrected chi connectivity index (χ3v) is 3.27. The number of hydrazine groups is 1. The highest BCUT2D eigenvalue weighted by Crippen LogP contribution is 2.20.